The van der Waals surface area contributed by atoms with Crippen LogP contribution in [0.15, 0.2) is 42.5 Å². The predicted octanol–water partition coefficient (Wildman–Crippen LogP) is 4.26. The number of rotatable bonds is 6. The second-order valence-electron chi connectivity index (χ2n) is 6.63. The smallest absolute Gasteiger partial charge is 0.163 e. The van der Waals surface area contributed by atoms with Crippen molar-refractivity contribution in [2.45, 2.75) is 19.3 Å². The molecule has 0 N–H and O–H groups in total. The predicted molar refractivity (Wildman–Crippen MR) is 102 cm³/mol. The summed E-state index contributed by atoms with van der Waals surface area (Å²) in [6.45, 7) is 4.28. The molecule has 1 aliphatic rings. The molecular weight excluding hydrogens is 312 g/mol. The van der Waals surface area contributed by atoms with Crippen LogP contribution in [0.2, 0.25) is 0 Å². The van der Waals surface area contributed by atoms with E-state index in [2.05, 4.69) is 17.0 Å². The standard InChI is InChI=1S/C21H24N2O2/c1-24-20-14-17-13-16-7-2-3-8-18(16)22-19(17)15-21(20)25-12-6-11-23-9-4-5-10-23/h2-3,7-8,13-15H,4-6,9-12H2,1H3. The summed E-state index contributed by atoms with van der Waals surface area (Å²) in [6.07, 6.45) is 3.70. The zero-order valence-corrected chi connectivity index (χ0v) is 14.7. The first-order valence-corrected chi connectivity index (χ1v) is 9.06. The summed E-state index contributed by atoms with van der Waals surface area (Å²) < 4.78 is 11.5. The molecule has 3 aromatic rings. The lowest BCUT2D eigenvalue weighted by Crippen LogP contribution is -2.21. The van der Waals surface area contributed by atoms with Crippen molar-refractivity contribution in [1.82, 2.24) is 9.88 Å². The van der Waals surface area contributed by atoms with E-state index < -0.39 is 0 Å². The molecule has 4 heteroatoms. The molecule has 4 nitrogen and oxygen atoms in total. The minimum absolute atomic E-state index is 0.700. The van der Waals surface area contributed by atoms with Gasteiger partial charge in [0, 0.05) is 23.4 Å². The second-order valence-corrected chi connectivity index (χ2v) is 6.63. The number of hydrogen-bond acceptors (Lipinski definition) is 4. The summed E-state index contributed by atoms with van der Waals surface area (Å²) in [5.74, 6) is 1.55. The van der Waals surface area contributed by atoms with Gasteiger partial charge in [-0.2, -0.15) is 0 Å². The number of benzene rings is 2. The highest BCUT2D eigenvalue weighted by molar-refractivity contribution is 5.94. The van der Waals surface area contributed by atoms with Crippen LogP contribution in [-0.2, 0) is 0 Å². The minimum Gasteiger partial charge on any atom is -0.493 e. The van der Waals surface area contributed by atoms with E-state index >= 15 is 0 Å². The normalized spacial score (nSPS) is 15.1. The number of hydrogen-bond donors (Lipinski definition) is 0. The van der Waals surface area contributed by atoms with E-state index in [1.807, 2.05) is 30.3 Å². The number of methoxy groups -OCH3 is 1. The van der Waals surface area contributed by atoms with Crippen LogP contribution < -0.4 is 9.47 Å². The third-order valence-electron chi connectivity index (χ3n) is 4.88. The number of likely N-dealkylation sites (tertiary alicyclic amines) is 1. The van der Waals surface area contributed by atoms with E-state index in [4.69, 9.17) is 14.5 Å². The van der Waals surface area contributed by atoms with Crippen LogP contribution in [0.5, 0.6) is 11.5 Å². The van der Waals surface area contributed by atoms with E-state index in [0.29, 0.717) is 6.61 Å². The molecule has 0 amide bonds. The molecule has 2 heterocycles. The maximum Gasteiger partial charge on any atom is 0.163 e. The van der Waals surface area contributed by atoms with Crippen LogP contribution in [0.3, 0.4) is 0 Å². The van der Waals surface area contributed by atoms with Crippen molar-refractivity contribution in [3.8, 4) is 11.5 Å². The highest BCUT2D eigenvalue weighted by Gasteiger charge is 2.12. The molecule has 1 saturated heterocycles. The van der Waals surface area contributed by atoms with E-state index in [1.165, 1.54) is 25.9 Å². The van der Waals surface area contributed by atoms with Gasteiger partial charge in [0.1, 0.15) is 0 Å². The van der Waals surface area contributed by atoms with Gasteiger partial charge in [0.05, 0.1) is 24.8 Å². The molecule has 2 aromatic carbocycles. The molecule has 0 atom stereocenters. The minimum atomic E-state index is 0.700. The van der Waals surface area contributed by atoms with Crippen LogP contribution in [0, 0.1) is 0 Å². The van der Waals surface area contributed by atoms with Crippen LogP contribution in [0.25, 0.3) is 21.8 Å². The van der Waals surface area contributed by atoms with E-state index in [1.54, 1.807) is 7.11 Å². The number of aromatic nitrogens is 1. The molecule has 25 heavy (non-hydrogen) atoms. The number of fused-ring (bicyclic) bond motifs is 2. The molecule has 0 unspecified atom stereocenters. The average molecular weight is 336 g/mol. The van der Waals surface area contributed by atoms with E-state index in [0.717, 1.165) is 46.3 Å². The molecule has 130 valence electrons. The lowest BCUT2D eigenvalue weighted by molar-refractivity contribution is 0.254. The molecule has 0 saturated carbocycles. The lowest BCUT2D eigenvalue weighted by Gasteiger charge is -2.16. The quantitative estimate of drug-likeness (QED) is 0.497. The SMILES string of the molecule is COc1cc2cc3ccccc3nc2cc1OCCCN1CCCC1. The van der Waals surface area contributed by atoms with Gasteiger partial charge in [-0.15, -0.1) is 0 Å². The third kappa shape index (κ3) is 3.54. The number of nitrogens with zero attached hydrogens (tertiary/aromatic N) is 2. The first kappa shape index (κ1) is 16.2. The third-order valence-corrected chi connectivity index (χ3v) is 4.88. The van der Waals surface area contributed by atoms with Crippen molar-refractivity contribution in [2.75, 3.05) is 33.4 Å². The van der Waals surface area contributed by atoms with Gasteiger partial charge in [-0.05, 0) is 50.6 Å². The zero-order chi connectivity index (χ0) is 17.1. The largest absolute Gasteiger partial charge is 0.493 e. The Morgan fingerprint density at radius 1 is 0.960 bits per heavy atom. The average Bonchev–Trinajstić information content (AvgIpc) is 3.16. The maximum atomic E-state index is 6.02. The number of ether oxygens (including phenoxy) is 2. The molecule has 1 aliphatic heterocycles. The summed E-state index contributed by atoms with van der Waals surface area (Å²) in [7, 11) is 1.69. The van der Waals surface area contributed by atoms with Gasteiger partial charge in [-0.3, -0.25) is 0 Å². The lowest BCUT2D eigenvalue weighted by atomic mass is 10.1. The van der Waals surface area contributed by atoms with Gasteiger partial charge in [0.25, 0.3) is 0 Å². The van der Waals surface area contributed by atoms with Crippen molar-refractivity contribution in [3.63, 3.8) is 0 Å². The van der Waals surface area contributed by atoms with Crippen molar-refractivity contribution in [3.05, 3.63) is 42.5 Å². The summed E-state index contributed by atoms with van der Waals surface area (Å²) >= 11 is 0. The Morgan fingerprint density at radius 2 is 1.80 bits per heavy atom. The fraction of sp³-hybridized carbons (Fsp3) is 0.381. The Bertz CT molecular complexity index is 872. The van der Waals surface area contributed by atoms with Gasteiger partial charge < -0.3 is 14.4 Å². The van der Waals surface area contributed by atoms with Gasteiger partial charge in [-0.1, -0.05) is 18.2 Å². The molecule has 1 fully saturated rings. The van der Waals surface area contributed by atoms with Crippen molar-refractivity contribution in [1.29, 1.82) is 0 Å². The van der Waals surface area contributed by atoms with E-state index in [9.17, 15) is 0 Å². The summed E-state index contributed by atoms with van der Waals surface area (Å²) in [5, 5.41) is 2.20. The van der Waals surface area contributed by atoms with Crippen LogP contribution in [0.1, 0.15) is 19.3 Å². The number of pyridine rings is 1. The molecule has 0 radical (unpaired) electrons. The molecule has 4 rings (SSSR count). The van der Waals surface area contributed by atoms with Gasteiger partial charge in [0.15, 0.2) is 11.5 Å². The fourth-order valence-corrected chi connectivity index (χ4v) is 3.53. The Balaban J connectivity index is 1.53. The van der Waals surface area contributed by atoms with Crippen LogP contribution in [0.4, 0.5) is 0 Å². The number of para-hydroxylation sites is 1. The Morgan fingerprint density at radius 3 is 2.64 bits per heavy atom. The van der Waals surface area contributed by atoms with Gasteiger partial charge >= 0.3 is 0 Å². The van der Waals surface area contributed by atoms with Crippen molar-refractivity contribution >= 4 is 21.8 Å². The van der Waals surface area contributed by atoms with Gasteiger partial charge in [-0.25, -0.2) is 4.98 Å². The molecule has 0 bridgehead atoms. The fourth-order valence-electron chi connectivity index (χ4n) is 3.53. The van der Waals surface area contributed by atoms with Crippen LogP contribution in [-0.4, -0.2) is 43.2 Å². The Hall–Kier alpha value is -2.33. The van der Waals surface area contributed by atoms with Gasteiger partial charge in [0.2, 0.25) is 0 Å². The molecule has 0 aliphatic carbocycles. The first-order valence-electron chi connectivity index (χ1n) is 9.06. The first-order chi connectivity index (χ1) is 12.3. The monoisotopic (exact) mass is 336 g/mol. The van der Waals surface area contributed by atoms with Crippen molar-refractivity contribution < 1.29 is 9.47 Å². The Kier molecular flexibility index (Phi) is 4.70. The maximum absolute atomic E-state index is 6.02. The second kappa shape index (κ2) is 7.28. The summed E-state index contributed by atoms with van der Waals surface area (Å²) in [6, 6.07) is 14.3. The summed E-state index contributed by atoms with van der Waals surface area (Å²) in [4.78, 5) is 7.27. The summed E-state index contributed by atoms with van der Waals surface area (Å²) in [5.41, 5.74) is 1.94. The van der Waals surface area contributed by atoms with Crippen molar-refractivity contribution in [2.24, 2.45) is 0 Å². The Labute approximate surface area is 148 Å². The van der Waals surface area contributed by atoms with E-state index in [-0.39, 0.29) is 0 Å². The zero-order valence-electron chi connectivity index (χ0n) is 14.7. The molecular formula is C21H24N2O2. The molecule has 0 spiro atoms. The highest BCUT2D eigenvalue weighted by atomic mass is 16.5. The molecule has 1 aromatic heterocycles. The van der Waals surface area contributed by atoms with Crippen LogP contribution >= 0.6 is 0 Å². The highest BCUT2D eigenvalue weighted by Crippen LogP contribution is 2.33. The topological polar surface area (TPSA) is 34.6 Å².